The highest BCUT2D eigenvalue weighted by atomic mass is 19.4. The van der Waals surface area contributed by atoms with Crippen molar-refractivity contribution >= 4 is 22.3 Å². The molecule has 0 aliphatic heterocycles. The minimum Gasteiger partial charge on any atom is -0.243 e. The molecule has 9 rings (SSSR count). The molecule has 5 aromatic carbocycles. The van der Waals surface area contributed by atoms with E-state index in [4.69, 9.17) is 9.97 Å². The zero-order valence-electron chi connectivity index (χ0n) is 35.0. The van der Waals surface area contributed by atoms with Crippen LogP contribution in [0.3, 0.4) is 0 Å². The van der Waals surface area contributed by atoms with Gasteiger partial charge in [0.2, 0.25) is 0 Å². The van der Waals surface area contributed by atoms with Crippen molar-refractivity contribution in [3.8, 4) is 57.8 Å². The molecule has 0 radical (unpaired) electrons. The van der Waals surface area contributed by atoms with Gasteiger partial charge in [-0.2, -0.15) is 73.7 Å². The average Bonchev–Trinajstić information content (AvgIpc) is 3.80. The minimum atomic E-state index is -4.73. The zero-order valence-corrected chi connectivity index (χ0v) is 35.0. The van der Waals surface area contributed by atoms with E-state index in [1.54, 1.807) is 0 Å². The van der Waals surface area contributed by atoms with Crippen LogP contribution in [0.5, 0.6) is 0 Å². The fourth-order valence-electron chi connectivity index (χ4n) is 8.93. The van der Waals surface area contributed by atoms with E-state index in [1.807, 2.05) is 24.3 Å². The van der Waals surface area contributed by atoms with Gasteiger partial charge in [0.1, 0.15) is 35.4 Å². The van der Waals surface area contributed by atoms with Gasteiger partial charge in [-0.25, -0.2) is 9.97 Å². The molecule has 0 bridgehead atoms. The van der Waals surface area contributed by atoms with Gasteiger partial charge in [-0.15, -0.1) is 0 Å². The lowest BCUT2D eigenvalue weighted by Gasteiger charge is -2.27. The molecule has 6 nitrogen and oxygen atoms in total. The van der Waals surface area contributed by atoms with Crippen molar-refractivity contribution in [1.29, 1.82) is 21.0 Å². The van der Waals surface area contributed by atoms with Gasteiger partial charge in [-0.3, -0.25) is 0 Å². The van der Waals surface area contributed by atoms with Crippen LogP contribution in [0.25, 0.3) is 55.8 Å². The third-order valence-electron chi connectivity index (χ3n) is 12.2. The first kappa shape index (κ1) is 46.4. The van der Waals surface area contributed by atoms with Crippen molar-refractivity contribution in [3.05, 3.63) is 188 Å². The molecule has 0 saturated heterocycles. The van der Waals surface area contributed by atoms with Crippen LogP contribution in [0.1, 0.15) is 68.4 Å². The average molecular weight is 959 g/mol. The van der Waals surface area contributed by atoms with Gasteiger partial charge in [0.05, 0.1) is 45.0 Å². The van der Waals surface area contributed by atoms with Crippen LogP contribution >= 0.6 is 0 Å². The van der Waals surface area contributed by atoms with Gasteiger partial charge >= 0.3 is 24.7 Å². The number of halogens is 12. The van der Waals surface area contributed by atoms with Crippen LogP contribution in [-0.2, 0) is 24.7 Å². The quantitative estimate of drug-likeness (QED) is 0.128. The normalized spacial score (nSPS) is 15.1. The fourth-order valence-corrected chi connectivity index (χ4v) is 8.93. The summed E-state index contributed by atoms with van der Waals surface area (Å²) in [5, 5.41) is 41.4. The molecule has 0 N–H and O–H groups in total. The first-order valence-corrected chi connectivity index (χ1v) is 20.4. The van der Waals surface area contributed by atoms with E-state index in [0.717, 1.165) is 72.8 Å². The first-order valence-electron chi connectivity index (χ1n) is 20.4. The molecule has 6 aromatic rings. The summed E-state index contributed by atoms with van der Waals surface area (Å²) in [7, 11) is 0. The number of alkyl halides is 12. The molecule has 1 unspecified atom stereocenters. The molecule has 344 valence electrons. The van der Waals surface area contributed by atoms with Crippen LogP contribution in [0.4, 0.5) is 52.7 Å². The van der Waals surface area contributed by atoms with Crippen molar-refractivity contribution in [3.63, 3.8) is 0 Å². The number of rotatable bonds is 4. The van der Waals surface area contributed by atoms with Crippen molar-refractivity contribution < 1.29 is 52.7 Å². The molecule has 3 aliphatic carbocycles. The van der Waals surface area contributed by atoms with Crippen LogP contribution in [0.15, 0.2) is 132 Å². The summed E-state index contributed by atoms with van der Waals surface area (Å²) in [5.41, 5.74) is -3.24. The minimum absolute atomic E-state index is 0.0119. The first-order chi connectivity index (χ1) is 33.0. The molecule has 0 spiro atoms. The third-order valence-corrected chi connectivity index (χ3v) is 12.2. The van der Waals surface area contributed by atoms with Gasteiger partial charge < -0.3 is 0 Å². The molecular weight excluding hydrogens is 937 g/mol. The molecule has 3 aliphatic rings. The van der Waals surface area contributed by atoms with Crippen molar-refractivity contribution in [2.45, 2.75) is 37.0 Å². The number of hydrogen-bond donors (Lipinski definition) is 0. The van der Waals surface area contributed by atoms with E-state index in [1.165, 1.54) is 42.5 Å². The third kappa shape index (κ3) is 7.93. The maximum Gasteiger partial charge on any atom is 0.416 e. The van der Waals surface area contributed by atoms with E-state index >= 15 is 0 Å². The summed E-state index contributed by atoms with van der Waals surface area (Å²) in [6, 6.07) is 26.1. The Bertz CT molecular complexity index is 3470. The SMILES string of the molecule is N#CC(C#N)=C1C2=C(CC(c3ccc(C(F)(F)F)cc3)C(c3ccc(C(F)(F)F)cc3)=C2)c2nc3c(nc21)-c1cc(-c2ccc(C(F)(F)F)cc2)c(-c2ccc(C(F)(F)F)cc2)cc1C3=C(C#N)C#N. The number of nitrogens with zero attached hydrogens (tertiary/aromatic N) is 6. The molecule has 70 heavy (non-hydrogen) atoms. The summed E-state index contributed by atoms with van der Waals surface area (Å²) in [5.74, 6) is -0.897. The number of nitriles is 4. The smallest absolute Gasteiger partial charge is 0.243 e. The van der Waals surface area contributed by atoms with E-state index in [9.17, 15) is 73.7 Å². The van der Waals surface area contributed by atoms with Crippen LogP contribution in [0.2, 0.25) is 0 Å². The molecule has 18 heteroatoms. The fraction of sp³-hybridized carbons (Fsp3) is 0.115. The Balaban J connectivity index is 1.30. The Morgan fingerprint density at radius 2 is 0.800 bits per heavy atom. The molecular formula is C52H22F12N6. The predicted molar refractivity (Wildman–Crippen MR) is 229 cm³/mol. The second-order valence-electron chi connectivity index (χ2n) is 16.1. The Hall–Kier alpha value is -8.74. The molecule has 1 atom stereocenters. The van der Waals surface area contributed by atoms with E-state index in [2.05, 4.69) is 0 Å². The lowest BCUT2D eigenvalue weighted by molar-refractivity contribution is -0.138. The molecule has 1 heterocycles. The van der Waals surface area contributed by atoms with Gasteiger partial charge in [0, 0.05) is 22.6 Å². The maximum atomic E-state index is 13.7. The van der Waals surface area contributed by atoms with E-state index in [0.29, 0.717) is 5.57 Å². The van der Waals surface area contributed by atoms with Crippen LogP contribution in [0, 0.1) is 45.3 Å². The predicted octanol–water partition coefficient (Wildman–Crippen LogP) is 14.6. The summed E-state index contributed by atoms with van der Waals surface area (Å²) < 4.78 is 165. The molecule has 0 fully saturated rings. The number of fused-ring (bicyclic) bond motifs is 5. The van der Waals surface area contributed by atoms with Crippen molar-refractivity contribution in [2.24, 2.45) is 0 Å². The molecule has 0 amide bonds. The highest BCUT2D eigenvalue weighted by Gasteiger charge is 2.42. The second kappa shape index (κ2) is 16.5. The summed E-state index contributed by atoms with van der Waals surface area (Å²) in [6.07, 6.45) is -17.6. The number of aromatic nitrogens is 2. The number of hydrogen-bond acceptors (Lipinski definition) is 6. The largest absolute Gasteiger partial charge is 0.416 e. The standard InChI is InChI=1S/C52H22F12N6/c53-49(54,55)31-9-1-25(2-10-31)35-17-39-41(19-37(35)27-5-13-33(14-6-27)51(59,60)61)45-47(43(39)29(21-65)22-66)70-46-42-20-38(28-7-15-34(16-8-28)52(62,63)64)36(26-3-11-32(12-4-26)50(56,57)58)18-40(42)44(48(46)69-45)30(23-67)24-68/h1-19,38H,20H2. The molecule has 0 saturated carbocycles. The highest BCUT2D eigenvalue weighted by molar-refractivity contribution is 6.10. The van der Waals surface area contributed by atoms with E-state index < -0.39 is 64.0 Å². The van der Waals surface area contributed by atoms with Gasteiger partial charge in [0.15, 0.2) is 0 Å². The Morgan fingerprint density at radius 3 is 1.23 bits per heavy atom. The van der Waals surface area contributed by atoms with E-state index in [-0.39, 0.29) is 96.0 Å². The summed E-state index contributed by atoms with van der Waals surface area (Å²) in [4.78, 5) is 9.86. The lowest BCUT2D eigenvalue weighted by Crippen LogP contribution is -2.11. The van der Waals surface area contributed by atoms with Gasteiger partial charge in [-0.1, -0.05) is 48.5 Å². The Morgan fingerprint density at radius 1 is 0.429 bits per heavy atom. The Labute approximate surface area is 388 Å². The number of benzene rings is 5. The zero-order chi connectivity index (χ0) is 50.2. The van der Waals surface area contributed by atoms with Crippen molar-refractivity contribution in [1.82, 2.24) is 9.97 Å². The Kier molecular flexibility index (Phi) is 10.9. The summed E-state index contributed by atoms with van der Waals surface area (Å²) in [6.45, 7) is 0. The summed E-state index contributed by atoms with van der Waals surface area (Å²) >= 11 is 0. The van der Waals surface area contributed by atoms with Crippen LogP contribution in [-0.4, -0.2) is 9.97 Å². The van der Waals surface area contributed by atoms with Gasteiger partial charge in [0.25, 0.3) is 0 Å². The topological polar surface area (TPSA) is 121 Å². The van der Waals surface area contributed by atoms with Gasteiger partial charge in [-0.05, 0) is 129 Å². The van der Waals surface area contributed by atoms with Crippen molar-refractivity contribution in [2.75, 3.05) is 0 Å². The van der Waals surface area contributed by atoms with Crippen LogP contribution < -0.4 is 0 Å². The molecule has 1 aromatic heterocycles. The highest BCUT2D eigenvalue weighted by Crippen LogP contribution is 2.56. The number of allylic oxidation sites excluding steroid dienone is 7. The lowest BCUT2D eigenvalue weighted by atomic mass is 9.76. The second-order valence-corrected chi connectivity index (χ2v) is 16.1. The maximum absolute atomic E-state index is 13.7. The monoisotopic (exact) mass is 958 g/mol.